The summed E-state index contributed by atoms with van der Waals surface area (Å²) < 4.78 is 0. The lowest BCUT2D eigenvalue weighted by Gasteiger charge is -2.38. The van der Waals surface area contributed by atoms with Gasteiger partial charge < -0.3 is 10.2 Å². The molecule has 1 fully saturated rings. The summed E-state index contributed by atoms with van der Waals surface area (Å²) in [4.78, 5) is 2.45. The average Bonchev–Trinajstić information content (AvgIpc) is 2.44. The van der Waals surface area contributed by atoms with Crippen molar-refractivity contribution in [1.29, 1.82) is 5.26 Å². The molecule has 1 aromatic rings. The van der Waals surface area contributed by atoms with Gasteiger partial charge in [-0.15, -0.1) is 0 Å². The van der Waals surface area contributed by atoms with Crippen molar-refractivity contribution in [3.8, 4) is 6.07 Å². The minimum atomic E-state index is -0.389. The molecule has 3 heteroatoms. The zero-order valence-electron chi connectivity index (χ0n) is 11.9. The van der Waals surface area contributed by atoms with Gasteiger partial charge in [0.2, 0.25) is 0 Å². The molecule has 0 radical (unpaired) electrons. The van der Waals surface area contributed by atoms with Gasteiger partial charge in [-0.2, -0.15) is 5.26 Å². The lowest BCUT2D eigenvalue weighted by molar-refractivity contribution is 0.197. The molecule has 1 aromatic carbocycles. The summed E-state index contributed by atoms with van der Waals surface area (Å²) in [6.45, 7) is 7.45. The van der Waals surface area contributed by atoms with Gasteiger partial charge in [0.15, 0.2) is 0 Å². The lowest BCUT2D eigenvalue weighted by Crippen LogP contribution is -2.48. The molecule has 1 aliphatic heterocycles. The van der Waals surface area contributed by atoms with Gasteiger partial charge in [0.05, 0.1) is 6.07 Å². The zero-order chi connectivity index (χ0) is 13.7. The molecule has 0 saturated carbocycles. The third-order valence-corrected chi connectivity index (χ3v) is 3.90. The molecular weight excluding hydrogens is 234 g/mol. The van der Waals surface area contributed by atoms with Crippen LogP contribution in [0.1, 0.15) is 31.7 Å². The molecule has 1 saturated heterocycles. The summed E-state index contributed by atoms with van der Waals surface area (Å²) in [5.74, 6) is 0. The second kappa shape index (κ2) is 6.08. The number of rotatable bonds is 4. The van der Waals surface area contributed by atoms with E-state index >= 15 is 0 Å². The van der Waals surface area contributed by atoms with Crippen LogP contribution in [-0.4, -0.2) is 30.1 Å². The van der Waals surface area contributed by atoms with Gasteiger partial charge in [0, 0.05) is 18.8 Å². The van der Waals surface area contributed by atoms with Crippen LogP contribution in [0.5, 0.6) is 0 Å². The Bertz CT molecular complexity index is 436. The van der Waals surface area contributed by atoms with E-state index in [1.165, 1.54) is 12.0 Å². The fourth-order valence-electron chi connectivity index (χ4n) is 2.65. The van der Waals surface area contributed by atoms with Gasteiger partial charge in [-0.05, 0) is 44.9 Å². The number of nitrogens with zero attached hydrogens (tertiary/aromatic N) is 2. The molecule has 2 rings (SSSR count). The monoisotopic (exact) mass is 257 g/mol. The second-order valence-corrected chi connectivity index (χ2v) is 5.53. The molecule has 0 spiro atoms. The van der Waals surface area contributed by atoms with Crippen LogP contribution in [-0.2, 0) is 0 Å². The summed E-state index contributed by atoms with van der Waals surface area (Å²) in [5, 5.41) is 13.0. The van der Waals surface area contributed by atoms with Crippen molar-refractivity contribution in [3.63, 3.8) is 0 Å². The van der Waals surface area contributed by atoms with Crippen LogP contribution in [0.4, 0.5) is 5.69 Å². The zero-order valence-corrected chi connectivity index (χ0v) is 11.9. The molecule has 19 heavy (non-hydrogen) atoms. The molecule has 1 heterocycles. The van der Waals surface area contributed by atoms with E-state index in [0.29, 0.717) is 0 Å². The fourth-order valence-corrected chi connectivity index (χ4v) is 2.65. The summed E-state index contributed by atoms with van der Waals surface area (Å²) in [5.41, 5.74) is 1.91. The van der Waals surface area contributed by atoms with Crippen molar-refractivity contribution in [2.75, 3.05) is 25.0 Å². The Labute approximate surface area is 116 Å². The van der Waals surface area contributed by atoms with E-state index in [4.69, 9.17) is 0 Å². The van der Waals surface area contributed by atoms with Crippen molar-refractivity contribution in [1.82, 2.24) is 4.90 Å². The van der Waals surface area contributed by atoms with Crippen molar-refractivity contribution in [3.05, 3.63) is 29.8 Å². The average molecular weight is 257 g/mol. The Kier molecular flexibility index (Phi) is 4.44. The highest BCUT2D eigenvalue weighted by Crippen LogP contribution is 2.26. The predicted octanol–water partition coefficient (Wildman–Crippen LogP) is 3.18. The molecule has 0 amide bonds. The maximum atomic E-state index is 9.54. The predicted molar refractivity (Wildman–Crippen MR) is 79.1 cm³/mol. The minimum Gasteiger partial charge on any atom is -0.367 e. The summed E-state index contributed by atoms with van der Waals surface area (Å²) >= 11 is 0. The molecule has 1 aliphatic rings. The maximum absolute atomic E-state index is 9.54. The van der Waals surface area contributed by atoms with Crippen LogP contribution in [0.3, 0.4) is 0 Å². The highest BCUT2D eigenvalue weighted by Gasteiger charge is 2.34. The highest BCUT2D eigenvalue weighted by atomic mass is 15.2. The Balaban J connectivity index is 2.01. The normalized spacial score (nSPS) is 18.8. The molecule has 0 bridgehead atoms. The van der Waals surface area contributed by atoms with Crippen LogP contribution in [0.2, 0.25) is 0 Å². The Hall–Kier alpha value is -1.53. The molecule has 0 unspecified atom stereocenters. The standard InChI is InChI=1S/C16H23N3/c1-3-10-19-11-8-16(13-17,9-12-19)18-15-6-4-14(2)5-7-15/h4-7,18H,3,8-12H2,1-2H3. The Morgan fingerprint density at radius 3 is 2.42 bits per heavy atom. The number of piperidine rings is 1. The first kappa shape index (κ1) is 13.9. The van der Waals surface area contributed by atoms with E-state index in [1.54, 1.807) is 0 Å². The van der Waals surface area contributed by atoms with E-state index < -0.39 is 0 Å². The molecular formula is C16H23N3. The summed E-state index contributed by atoms with van der Waals surface area (Å²) in [6.07, 6.45) is 2.99. The van der Waals surface area contributed by atoms with Crippen molar-refractivity contribution in [2.24, 2.45) is 0 Å². The third kappa shape index (κ3) is 3.48. The van der Waals surface area contributed by atoms with Gasteiger partial charge in [0.25, 0.3) is 0 Å². The minimum absolute atomic E-state index is 0.389. The van der Waals surface area contributed by atoms with Gasteiger partial charge >= 0.3 is 0 Å². The van der Waals surface area contributed by atoms with Crippen LogP contribution >= 0.6 is 0 Å². The first-order chi connectivity index (χ1) is 9.17. The third-order valence-electron chi connectivity index (χ3n) is 3.90. The van der Waals surface area contributed by atoms with E-state index in [1.807, 2.05) is 0 Å². The second-order valence-electron chi connectivity index (χ2n) is 5.53. The van der Waals surface area contributed by atoms with Crippen LogP contribution < -0.4 is 5.32 Å². The maximum Gasteiger partial charge on any atom is 0.127 e. The van der Waals surface area contributed by atoms with E-state index in [-0.39, 0.29) is 5.54 Å². The topological polar surface area (TPSA) is 39.1 Å². The molecule has 1 N–H and O–H groups in total. The molecule has 0 aromatic heterocycles. The van der Waals surface area contributed by atoms with E-state index in [9.17, 15) is 5.26 Å². The molecule has 3 nitrogen and oxygen atoms in total. The van der Waals surface area contributed by atoms with Crippen molar-refractivity contribution >= 4 is 5.69 Å². The number of nitriles is 1. The number of aryl methyl sites for hydroxylation is 1. The highest BCUT2D eigenvalue weighted by molar-refractivity contribution is 5.49. The number of likely N-dealkylation sites (tertiary alicyclic amines) is 1. The lowest BCUT2D eigenvalue weighted by atomic mass is 9.88. The first-order valence-corrected chi connectivity index (χ1v) is 7.16. The molecule has 0 atom stereocenters. The van der Waals surface area contributed by atoms with Gasteiger partial charge in [-0.25, -0.2) is 0 Å². The number of hydrogen-bond acceptors (Lipinski definition) is 3. The Morgan fingerprint density at radius 1 is 1.26 bits per heavy atom. The first-order valence-electron chi connectivity index (χ1n) is 7.16. The number of anilines is 1. The summed E-state index contributed by atoms with van der Waals surface area (Å²) in [7, 11) is 0. The number of nitrogens with one attached hydrogen (secondary N) is 1. The van der Waals surface area contributed by atoms with Gasteiger partial charge in [0.1, 0.15) is 5.54 Å². The quantitative estimate of drug-likeness (QED) is 0.900. The van der Waals surface area contributed by atoms with Gasteiger partial charge in [-0.1, -0.05) is 24.6 Å². The van der Waals surface area contributed by atoms with E-state index in [0.717, 1.165) is 38.2 Å². The van der Waals surface area contributed by atoms with Crippen LogP contribution in [0.25, 0.3) is 0 Å². The molecule has 102 valence electrons. The Morgan fingerprint density at radius 2 is 1.89 bits per heavy atom. The largest absolute Gasteiger partial charge is 0.367 e. The van der Waals surface area contributed by atoms with E-state index in [2.05, 4.69) is 54.4 Å². The SMILES string of the molecule is CCCN1CCC(C#N)(Nc2ccc(C)cc2)CC1. The smallest absolute Gasteiger partial charge is 0.127 e. The number of hydrogen-bond donors (Lipinski definition) is 1. The van der Waals surface area contributed by atoms with Crippen molar-refractivity contribution in [2.45, 2.75) is 38.6 Å². The summed E-state index contributed by atoms with van der Waals surface area (Å²) in [6, 6.07) is 10.8. The van der Waals surface area contributed by atoms with Gasteiger partial charge in [-0.3, -0.25) is 0 Å². The van der Waals surface area contributed by atoms with Crippen molar-refractivity contribution < 1.29 is 0 Å². The van der Waals surface area contributed by atoms with Crippen LogP contribution in [0.15, 0.2) is 24.3 Å². The fraction of sp³-hybridized carbons (Fsp3) is 0.562. The van der Waals surface area contributed by atoms with Crippen LogP contribution in [0, 0.1) is 18.3 Å². The number of benzene rings is 1. The molecule has 0 aliphatic carbocycles.